The minimum Gasteiger partial charge on any atom is -0.316 e. The van der Waals surface area contributed by atoms with Crippen LogP contribution in [-0.2, 0) is 7.05 Å². The van der Waals surface area contributed by atoms with Gasteiger partial charge in [-0.05, 0) is 18.9 Å². The second-order valence-electron chi connectivity index (χ2n) is 4.48. The normalized spacial score (nSPS) is 13.3. The van der Waals surface area contributed by atoms with Gasteiger partial charge in [0.05, 0.1) is 0 Å². The average molecular weight is 242 g/mol. The number of aromatic nitrogens is 3. The second kappa shape index (κ2) is 6.91. The third-order valence-corrected chi connectivity index (χ3v) is 3.46. The maximum atomic E-state index is 4.20. The molecule has 4 nitrogen and oxygen atoms in total. The van der Waals surface area contributed by atoms with Gasteiger partial charge >= 0.3 is 0 Å². The molecule has 5 heteroatoms. The van der Waals surface area contributed by atoms with Crippen molar-refractivity contribution in [3.63, 3.8) is 0 Å². The van der Waals surface area contributed by atoms with E-state index in [1.807, 2.05) is 11.7 Å². The third kappa shape index (κ3) is 4.99. The van der Waals surface area contributed by atoms with Crippen molar-refractivity contribution in [3.05, 3.63) is 6.33 Å². The Hall–Kier alpha value is -0.550. The standard InChI is InChI=1S/C11H22N4S/c1-9(2)5-6-12-7-10(3)16-11-13-8-14-15(11)4/h8-10,12H,5-7H2,1-4H3. The molecule has 16 heavy (non-hydrogen) atoms. The number of thioether (sulfide) groups is 1. The van der Waals surface area contributed by atoms with E-state index in [-0.39, 0.29) is 0 Å². The van der Waals surface area contributed by atoms with E-state index < -0.39 is 0 Å². The Labute approximate surface area is 102 Å². The fraction of sp³-hybridized carbons (Fsp3) is 0.818. The first kappa shape index (κ1) is 13.5. The Morgan fingerprint density at radius 3 is 2.75 bits per heavy atom. The predicted octanol–water partition coefficient (Wildman–Crippen LogP) is 1.93. The van der Waals surface area contributed by atoms with E-state index in [4.69, 9.17) is 0 Å². The predicted molar refractivity (Wildman–Crippen MR) is 68.6 cm³/mol. The van der Waals surface area contributed by atoms with Crippen LogP contribution in [-0.4, -0.2) is 33.1 Å². The van der Waals surface area contributed by atoms with Gasteiger partial charge in [0.1, 0.15) is 6.33 Å². The number of hydrogen-bond donors (Lipinski definition) is 1. The first-order chi connectivity index (χ1) is 7.59. The number of nitrogens with one attached hydrogen (secondary N) is 1. The molecule has 1 heterocycles. The van der Waals surface area contributed by atoms with Crippen LogP contribution in [0.25, 0.3) is 0 Å². The topological polar surface area (TPSA) is 42.7 Å². The van der Waals surface area contributed by atoms with Crippen molar-refractivity contribution in [1.82, 2.24) is 20.1 Å². The molecule has 1 N–H and O–H groups in total. The molecule has 0 spiro atoms. The van der Waals surface area contributed by atoms with E-state index in [1.165, 1.54) is 6.42 Å². The molecular weight excluding hydrogens is 220 g/mol. The summed E-state index contributed by atoms with van der Waals surface area (Å²) in [4.78, 5) is 4.20. The summed E-state index contributed by atoms with van der Waals surface area (Å²) in [7, 11) is 1.92. The minimum atomic E-state index is 0.523. The molecular formula is C11H22N4S. The van der Waals surface area contributed by atoms with Crippen LogP contribution in [0.5, 0.6) is 0 Å². The number of aryl methyl sites for hydroxylation is 1. The van der Waals surface area contributed by atoms with Crippen LogP contribution in [0.2, 0.25) is 0 Å². The monoisotopic (exact) mass is 242 g/mol. The van der Waals surface area contributed by atoms with Gasteiger partial charge in [0.15, 0.2) is 5.16 Å². The number of nitrogens with zero attached hydrogens (tertiary/aromatic N) is 3. The van der Waals surface area contributed by atoms with Gasteiger partial charge in [-0.15, -0.1) is 0 Å². The Bertz CT molecular complexity index is 298. The molecule has 0 aliphatic carbocycles. The molecule has 0 aliphatic heterocycles. The maximum absolute atomic E-state index is 4.20. The Morgan fingerprint density at radius 2 is 2.19 bits per heavy atom. The molecule has 0 aromatic carbocycles. The lowest BCUT2D eigenvalue weighted by Crippen LogP contribution is -2.24. The zero-order valence-electron chi connectivity index (χ0n) is 10.6. The minimum absolute atomic E-state index is 0.523. The van der Waals surface area contributed by atoms with Gasteiger partial charge in [0.2, 0.25) is 0 Å². The highest BCUT2D eigenvalue weighted by Crippen LogP contribution is 2.18. The summed E-state index contributed by atoms with van der Waals surface area (Å²) >= 11 is 1.76. The van der Waals surface area contributed by atoms with Crippen LogP contribution >= 0.6 is 11.8 Å². The molecule has 92 valence electrons. The van der Waals surface area contributed by atoms with Gasteiger partial charge < -0.3 is 5.32 Å². The van der Waals surface area contributed by atoms with Crippen LogP contribution in [0.4, 0.5) is 0 Å². The summed E-state index contributed by atoms with van der Waals surface area (Å²) in [6.45, 7) is 8.83. The van der Waals surface area contributed by atoms with Gasteiger partial charge in [-0.1, -0.05) is 32.5 Å². The molecule has 0 fully saturated rings. The number of hydrogen-bond acceptors (Lipinski definition) is 4. The zero-order chi connectivity index (χ0) is 12.0. The summed E-state index contributed by atoms with van der Waals surface area (Å²) in [5.74, 6) is 0.772. The second-order valence-corrected chi connectivity index (χ2v) is 5.89. The van der Waals surface area contributed by atoms with Crippen LogP contribution in [0.1, 0.15) is 27.2 Å². The van der Waals surface area contributed by atoms with Crippen molar-refractivity contribution < 1.29 is 0 Å². The van der Waals surface area contributed by atoms with Gasteiger partial charge in [-0.3, -0.25) is 0 Å². The first-order valence-electron chi connectivity index (χ1n) is 5.81. The molecule has 0 saturated carbocycles. The van der Waals surface area contributed by atoms with E-state index in [0.29, 0.717) is 5.25 Å². The van der Waals surface area contributed by atoms with E-state index in [1.54, 1.807) is 18.1 Å². The molecule has 0 bridgehead atoms. The average Bonchev–Trinajstić information content (AvgIpc) is 2.59. The molecule has 0 amide bonds. The van der Waals surface area contributed by atoms with Gasteiger partial charge in [0.25, 0.3) is 0 Å². The largest absolute Gasteiger partial charge is 0.316 e. The highest BCUT2D eigenvalue weighted by molar-refractivity contribution is 7.99. The molecule has 0 saturated heterocycles. The SMILES string of the molecule is CC(C)CCNCC(C)Sc1ncnn1C. The first-order valence-corrected chi connectivity index (χ1v) is 6.69. The van der Waals surface area contributed by atoms with Gasteiger partial charge in [-0.2, -0.15) is 5.10 Å². The Balaban J connectivity index is 2.16. The molecule has 1 rings (SSSR count). The van der Waals surface area contributed by atoms with Crippen molar-refractivity contribution in [2.24, 2.45) is 13.0 Å². The van der Waals surface area contributed by atoms with Gasteiger partial charge in [-0.25, -0.2) is 9.67 Å². The summed E-state index contributed by atoms with van der Waals surface area (Å²) < 4.78 is 1.81. The molecule has 0 radical (unpaired) electrons. The zero-order valence-corrected chi connectivity index (χ0v) is 11.4. The van der Waals surface area contributed by atoms with Crippen LogP contribution in [0, 0.1) is 5.92 Å². The van der Waals surface area contributed by atoms with E-state index >= 15 is 0 Å². The molecule has 0 aliphatic rings. The highest BCUT2D eigenvalue weighted by Gasteiger charge is 2.08. The molecule has 1 unspecified atom stereocenters. The van der Waals surface area contributed by atoms with Crippen molar-refractivity contribution >= 4 is 11.8 Å². The van der Waals surface area contributed by atoms with E-state index in [0.717, 1.165) is 24.2 Å². The van der Waals surface area contributed by atoms with Crippen LogP contribution < -0.4 is 5.32 Å². The maximum Gasteiger partial charge on any atom is 0.186 e. The van der Waals surface area contributed by atoms with Crippen LogP contribution in [0.15, 0.2) is 11.5 Å². The molecule has 1 atom stereocenters. The highest BCUT2D eigenvalue weighted by atomic mass is 32.2. The van der Waals surface area contributed by atoms with E-state index in [9.17, 15) is 0 Å². The summed E-state index contributed by atoms with van der Waals surface area (Å²) in [6.07, 6.45) is 2.84. The fourth-order valence-electron chi connectivity index (χ4n) is 1.31. The van der Waals surface area contributed by atoms with Crippen LogP contribution in [0.3, 0.4) is 0 Å². The molecule has 1 aromatic heterocycles. The fourth-order valence-corrected chi connectivity index (χ4v) is 2.18. The lowest BCUT2D eigenvalue weighted by Gasteiger charge is -2.12. The quantitative estimate of drug-likeness (QED) is 0.586. The summed E-state index contributed by atoms with van der Waals surface area (Å²) in [5, 5.41) is 9.03. The summed E-state index contributed by atoms with van der Waals surface area (Å²) in [5.41, 5.74) is 0. The number of rotatable bonds is 7. The Kier molecular flexibility index (Phi) is 5.84. The van der Waals surface area contributed by atoms with Gasteiger partial charge in [0, 0.05) is 18.8 Å². The lowest BCUT2D eigenvalue weighted by atomic mass is 10.1. The summed E-state index contributed by atoms with van der Waals surface area (Å²) in [6, 6.07) is 0. The van der Waals surface area contributed by atoms with Crippen molar-refractivity contribution in [1.29, 1.82) is 0 Å². The smallest absolute Gasteiger partial charge is 0.186 e. The van der Waals surface area contributed by atoms with Crippen molar-refractivity contribution in [3.8, 4) is 0 Å². The Morgan fingerprint density at radius 1 is 1.44 bits per heavy atom. The van der Waals surface area contributed by atoms with Crippen molar-refractivity contribution in [2.75, 3.05) is 13.1 Å². The molecule has 1 aromatic rings. The lowest BCUT2D eigenvalue weighted by molar-refractivity contribution is 0.538. The third-order valence-electron chi connectivity index (χ3n) is 2.31. The van der Waals surface area contributed by atoms with E-state index in [2.05, 4.69) is 36.2 Å². The van der Waals surface area contributed by atoms with Crippen molar-refractivity contribution in [2.45, 2.75) is 37.6 Å².